The zero-order valence-corrected chi connectivity index (χ0v) is 12.3. The van der Waals surface area contributed by atoms with Gasteiger partial charge in [0.15, 0.2) is 0 Å². The third-order valence-electron chi connectivity index (χ3n) is 4.17. The molecular weight excluding hydrogens is 210 g/mol. The van der Waals surface area contributed by atoms with Crippen molar-refractivity contribution in [3.05, 3.63) is 0 Å². The molecular formula is C15H31NO. The predicted octanol–water partition coefficient (Wildman–Crippen LogP) is 3.20. The van der Waals surface area contributed by atoms with Crippen LogP contribution in [0.4, 0.5) is 0 Å². The molecule has 102 valence electrons. The fourth-order valence-corrected chi connectivity index (χ4v) is 2.94. The number of nitrogens with one attached hydrogen (secondary N) is 1. The van der Waals surface area contributed by atoms with E-state index in [4.69, 9.17) is 0 Å². The molecule has 1 fully saturated rings. The van der Waals surface area contributed by atoms with E-state index in [0.717, 1.165) is 24.8 Å². The molecule has 2 nitrogen and oxygen atoms in total. The summed E-state index contributed by atoms with van der Waals surface area (Å²) in [6.45, 7) is 12.0. The van der Waals surface area contributed by atoms with Crippen molar-refractivity contribution in [2.24, 2.45) is 17.3 Å². The van der Waals surface area contributed by atoms with Crippen molar-refractivity contribution < 1.29 is 5.11 Å². The molecule has 0 aliphatic heterocycles. The van der Waals surface area contributed by atoms with Crippen LogP contribution in [0.25, 0.3) is 0 Å². The van der Waals surface area contributed by atoms with E-state index in [1.165, 1.54) is 19.3 Å². The average molecular weight is 241 g/mol. The Kier molecular flexibility index (Phi) is 5.46. The number of aliphatic hydroxyl groups is 1. The molecule has 0 radical (unpaired) electrons. The monoisotopic (exact) mass is 241 g/mol. The predicted molar refractivity (Wildman–Crippen MR) is 74.0 cm³/mol. The zero-order valence-electron chi connectivity index (χ0n) is 12.3. The molecule has 2 N–H and O–H groups in total. The summed E-state index contributed by atoms with van der Waals surface area (Å²) in [4.78, 5) is 0. The van der Waals surface area contributed by atoms with Gasteiger partial charge in [0.2, 0.25) is 0 Å². The lowest BCUT2D eigenvalue weighted by Gasteiger charge is -2.35. The van der Waals surface area contributed by atoms with Crippen molar-refractivity contribution >= 4 is 0 Å². The van der Waals surface area contributed by atoms with Crippen LogP contribution in [0.2, 0.25) is 0 Å². The van der Waals surface area contributed by atoms with Crippen LogP contribution in [0, 0.1) is 17.3 Å². The van der Waals surface area contributed by atoms with Crippen LogP contribution in [-0.2, 0) is 0 Å². The second kappa shape index (κ2) is 6.19. The molecule has 1 saturated carbocycles. The first-order chi connectivity index (χ1) is 7.79. The van der Waals surface area contributed by atoms with E-state index in [1.54, 1.807) is 0 Å². The van der Waals surface area contributed by atoms with Gasteiger partial charge < -0.3 is 10.4 Å². The normalized spacial score (nSPS) is 32.5. The van der Waals surface area contributed by atoms with Gasteiger partial charge in [-0.05, 0) is 30.1 Å². The maximum absolute atomic E-state index is 10.0. The highest BCUT2D eigenvalue weighted by Crippen LogP contribution is 2.29. The smallest absolute Gasteiger partial charge is 0.0669 e. The van der Waals surface area contributed by atoms with Crippen LogP contribution in [0.5, 0.6) is 0 Å². The number of rotatable bonds is 4. The maximum atomic E-state index is 10.0. The molecule has 0 saturated heterocycles. The third-order valence-corrected chi connectivity index (χ3v) is 4.17. The number of hydrogen-bond acceptors (Lipinski definition) is 2. The fourth-order valence-electron chi connectivity index (χ4n) is 2.94. The number of aliphatic hydroxyl groups excluding tert-OH is 1. The lowest BCUT2D eigenvalue weighted by molar-refractivity contribution is 0.105. The molecule has 0 aromatic heterocycles. The molecule has 2 heteroatoms. The minimum absolute atomic E-state index is 0.209. The van der Waals surface area contributed by atoms with Gasteiger partial charge in [0.05, 0.1) is 6.10 Å². The Morgan fingerprint density at radius 1 is 1.24 bits per heavy atom. The largest absolute Gasteiger partial charge is 0.392 e. The van der Waals surface area contributed by atoms with Crippen molar-refractivity contribution in [2.45, 2.75) is 72.4 Å². The standard InChI is InChI=1S/C15H31NO/c1-11-7-6-8-14(12(11)2)16-10-13(17)9-15(3,4)5/h11-14,16-17H,6-10H2,1-5H3. The molecule has 0 heterocycles. The Bertz CT molecular complexity index is 221. The SMILES string of the molecule is CC1CCCC(NCC(O)CC(C)(C)C)C1C. The molecule has 0 bridgehead atoms. The Morgan fingerprint density at radius 3 is 2.47 bits per heavy atom. The summed E-state index contributed by atoms with van der Waals surface area (Å²) in [5.74, 6) is 1.56. The molecule has 4 unspecified atom stereocenters. The zero-order chi connectivity index (χ0) is 13.1. The van der Waals surface area contributed by atoms with Crippen LogP contribution in [0.3, 0.4) is 0 Å². The first-order valence-corrected chi connectivity index (χ1v) is 7.21. The Balaban J connectivity index is 2.30. The molecule has 0 aromatic carbocycles. The van der Waals surface area contributed by atoms with E-state index >= 15 is 0 Å². The minimum Gasteiger partial charge on any atom is -0.392 e. The summed E-state index contributed by atoms with van der Waals surface area (Å²) < 4.78 is 0. The topological polar surface area (TPSA) is 32.3 Å². The molecule has 17 heavy (non-hydrogen) atoms. The van der Waals surface area contributed by atoms with Gasteiger partial charge in [-0.15, -0.1) is 0 Å². The summed E-state index contributed by atoms with van der Waals surface area (Å²) in [5, 5.41) is 13.6. The molecule has 1 aliphatic rings. The van der Waals surface area contributed by atoms with E-state index < -0.39 is 0 Å². The highest BCUT2D eigenvalue weighted by Gasteiger charge is 2.27. The second-order valence-corrected chi connectivity index (χ2v) is 7.20. The summed E-state index contributed by atoms with van der Waals surface area (Å²) in [6.07, 6.45) is 4.63. The van der Waals surface area contributed by atoms with Gasteiger partial charge in [-0.3, -0.25) is 0 Å². The molecule has 0 amide bonds. The minimum atomic E-state index is -0.209. The van der Waals surface area contributed by atoms with Crippen molar-refractivity contribution in [1.82, 2.24) is 5.32 Å². The van der Waals surface area contributed by atoms with E-state index in [1.807, 2.05) is 0 Å². The highest BCUT2D eigenvalue weighted by molar-refractivity contribution is 4.83. The first kappa shape index (κ1) is 15.0. The van der Waals surface area contributed by atoms with E-state index in [2.05, 4.69) is 39.9 Å². The van der Waals surface area contributed by atoms with Gasteiger partial charge in [0.25, 0.3) is 0 Å². The summed E-state index contributed by atoms with van der Waals surface area (Å²) in [6, 6.07) is 0.605. The van der Waals surface area contributed by atoms with Gasteiger partial charge in [0, 0.05) is 12.6 Å². The Labute approximate surface area is 107 Å². The van der Waals surface area contributed by atoms with Crippen molar-refractivity contribution in [3.63, 3.8) is 0 Å². The summed E-state index contributed by atoms with van der Waals surface area (Å²) in [7, 11) is 0. The molecule has 1 rings (SSSR count). The lowest BCUT2D eigenvalue weighted by Crippen LogP contribution is -2.44. The molecule has 0 spiro atoms. The van der Waals surface area contributed by atoms with Crippen molar-refractivity contribution in [2.75, 3.05) is 6.54 Å². The maximum Gasteiger partial charge on any atom is 0.0669 e. The van der Waals surface area contributed by atoms with Crippen LogP contribution in [0.1, 0.15) is 60.3 Å². The van der Waals surface area contributed by atoms with E-state index in [0.29, 0.717) is 6.04 Å². The van der Waals surface area contributed by atoms with Gasteiger partial charge in [-0.25, -0.2) is 0 Å². The van der Waals surface area contributed by atoms with E-state index in [-0.39, 0.29) is 11.5 Å². The Hall–Kier alpha value is -0.0800. The van der Waals surface area contributed by atoms with Crippen LogP contribution >= 0.6 is 0 Å². The molecule has 0 aromatic rings. The van der Waals surface area contributed by atoms with Crippen LogP contribution in [-0.4, -0.2) is 23.8 Å². The second-order valence-electron chi connectivity index (χ2n) is 7.20. The van der Waals surface area contributed by atoms with Gasteiger partial charge >= 0.3 is 0 Å². The number of hydrogen-bond donors (Lipinski definition) is 2. The van der Waals surface area contributed by atoms with E-state index in [9.17, 15) is 5.11 Å². The summed E-state index contributed by atoms with van der Waals surface area (Å²) >= 11 is 0. The Morgan fingerprint density at radius 2 is 1.88 bits per heavy atom. The first-order valence-electron chi connectivity index (χ1n) is 7.21. The fraction of sp³-hybridized carbons (Fsp3) is 1.00. The lowest BCUT2D eigenvalue weighted by atomic mass is 9.78. The van der Waals surface area contributed by atoms with Crippen molar-refractivity contribution in [3.8, 4) is 0 Å². The average Bonchev–Trinajstić information content (AvgIpc) is 2.18. The van der Waals surface area contributed by atoms with Crippen LogP contribution < -0.4 is 5.32 Å². The molecule has 4 atom stereocenters. The highest BCUT2D eigenvalue weighted by atomic mass is 16.3. The summed E-state index contributed by atoms with van der Waals surface area (Å²) in [5.41, 5.74) is 0.215. The van der Waals surface area contributed by atoms with Crippen LogP contribution in [0.15, 0.2) is 0 Å². The van der Waals surface area contributed by atoms with Gasteiger partial charge in [0.1, 0.15) is 0 Å². The van der Waals surface area contributed by atoms with Gasteiger partial charge in [-0.1, -0.05) is 47.5 Å². The quantitative estimate of drug-likeness (QED) is 0.792. The molecule has 1 aliphatic carbocycles. The van der Waals surface area contributed by atoms with Gasteiger partial charge in [-0.2, -0.15) is 0 Å². The van der Waals surface area contributed by atoms with Crippen molar-refractivity contribution in [1.29, 1.82) is 0 Å². The third kappa shape index (κ3) is 5.39.